The van der Waals surface area contributed by atoms with Crippen molar-refractivity contribution in [3.63, 3.8) is 0 Å². The van der Waals surface area contributed by atoms with Crippen LogP contribution in [0.3, 0.4) is 0 Å². The Labute approximate surface area is 211 Å². The Morgan fingerprint density at radius 3 is 2.46 bits per heavy atom. The van der Waals surface area contributed by atoms with Gasteiger partial charge in [-0.1, -0.05) is 12.1 Å². The molecule has 0 bridgehead atoms. The number of hydrogen-bond donors (Lipinski definition) is 1. The minimum atomic E-state index is -0.102. The molecule has 0 amide bonds. The summed E-state index contributed by atoms with van der Waals surface area (Å²) in [5.41, 5.74) is 6.53. The van der Waals surface area contributed by atoms with Crippen LogP contribution in [0.2, 0.25) is 0 Å². The highest BCUT2D eigenvalue weighted by Crippen LogP contribution is 2.43. The average Bonchev–Trinajstić information content (AvgIpc) is 3.36. The van der Waals surface area contributed by atoms with E-state index in [0.29, 0.717) is 11.7 Å². The average molecular weight is 484 g/mol. The maximum atomic E-state index is 5.89. The van der Waals surface area contributed by atoms with Gasteiger partial charge in [-0.05, 0) is 99.6 Å². The van der Waals surface area contributed by atoms with E-state index in [1.54, 1.807) is 0 Å². The molecule has 7 heteroatoms. The quantitative estimate of drug-likeness (QED) is 0.352. The maximum absolute atomic E-state index is 5.89. The van der Waals surface area contributed by atoms with Crippen molar-refractivity contribution in [1.82, 2.24) is 19.9 Å². The summed E-state index contributed by atoms with van der Waals surface area (Å²) < 4.78 is 7.87. The Kier molecular flexibility index (Phi) is 6.26. The van der Waals surface area contributed by atoms with Gasteiger partial charge in [0.15, 0.2) is 5.11 Å². The highest BCUT2D eigenvalue weighted by atomic mass is 32.1. The molecule has 0 aliphatic carbocycles. The summed E-state index contributed by atoms with van der Waals surface area (Å²) in [4.78, 5) is 11.6. The summed E-state index contributed by atoms with van der Waals surface area (Å²) in [6.07, 6.45) is 3.74. The lowest BCUT2D eigenvalue weighted by Gasteiger charge is -2.28. The van der Waals surface area contributed by atoms with Crippen LogP contribution in [0.5, 0.6) is 5.75 Å². The molecule has 35 heavy (non-hydrogen) atoms. The van der Waals surface area contributed by atoms with Gasteiger partial charge in [0.25, 0.3) is 0 Å². The summed E-state index contributed by atoms with van der Waals surface area (Å²) >= 11 is 5.89. The molecule has 0 unspecified atom stereocenters. The van der Waals surface area contributed by atoms with E-state index in [4.69, 9.17) is 17.0 Å². The molecule has 1 saturated heterocycles. The van der Waals surface area contributed by atoms with Crippen LogP contribution in [0.25, 0.3) is 5.82 Å². The van der Waals surface area contributed by atoms with Gasteiger partial charge in [-0.25, -0.2) is 4.98 Å². The van der Waals surface area contributed by atoms with Crippen molar-refractivity contribution in [2.24, 2.45) is 0 Å². The molecule has 0 radical (unpaired) electrons. The zero-order valence-electron chi connectivity index (χ0n) is 20.4. The van der Waals surface area contributed by atoms with Crippen molar-refractivity contribution in [2.45, 2.75) is 39.8 Å². The predicted octanol–water partition coefficient (Wildman–Crippen LogP) is 5.77. The summed E-state index contributed by atoms with van der Waals surface area (Å²) in [5, 5.41) is 4.22. The number of hydrogen-bond acceptors (Lipinski definition) is 4. The molecule has 1 aromatic carbocycles. The van der Waals surface area contributed by atoms with Crippen LogP contribution in [-0.4, -0.2) is 26.3 Å². The molecule has 178 valence electrons. The van der Waals surface area contributed by atoms with Crippen molar-refractivity contribution >= 4 is 23.0 Å². The molecule has 0 spiro atoms. The van der Waals surface area contributed by atoms with Gasteiger partial charge in [-0.15, -0.1) is 0 Å². The standard InChI is InChI=1S/C28H29N5OS/c1-5-34-22-12-10-21(11-13-22)33-27(26(31-28(33)35)24-8-6-7-15-29-24)23-16-19(3)32(20(23)4)25-14-9-18(2)17-30-25/h6-17,26-27H,5H2,1-4H3,(H,31,35)/t26-,27-/m1/s1. The van der Waals surface area contributed by atoms with Crippen LogP contribution in [0, 0.1) is 20.8 Å². The number of aryl methyl sites for hydroxylation is 2. The molecule has 0 saturated carbocycles. The highest BCUT2D eigenvalue weighted by Gasteiger charge is 2.42. The number of aromatic nitrogens is 3. The lowest BCUT2D eigenvalue weighted by molar-refractivity contribution is 0.340. The van der Waals surface area contributed by atoms with E-state index in [9.17, 15) is 0 Å². The van der Waals surface area contributed by atoms with Gasteiger partial charge in [0.05, 0.1) is 24.4 Å². The van der Waals surface area contributed by atoms with Crippen molar-refractivity contribution in [3.05, 3.63) is 101 Å². The Morgan fingerprint density at radius 2 is 1.80 bits per heavy atom. The smallest absolute Gasteiger partial charge is 0.174 e. The fourth-order valence-corrected chi connectivity index (χ4v) is 5.20. The first-order chi connectivity index (χ1) is 17.0. The van der Waals surface area contributed by atoms with E-state index in [2.05, 4.69) is 81.9 Å². The molecule has 4 heterocycles. The number of benzene rings is 1. The van der Waals surface area contributed by atoms with Gasteiger partial charge in [-0.2, -0.15) is 0 Å². The summed E-state index contributed by atoms with van der Waals surface area (Å²) in [6, 6.07) is 20.3. The van der Waals surface area contributed by atoms with E-state index < -0.39 is 0 Å². The van der Waals surface area contributed by atoms with Crippen LogP contribution in [-0.2, 0) is 0 Å². The molecular formula is C28H29N5OS. The Morgan fingerprint density at radius 1 is 1.00 bits per heavy atom. The van der Waals surface area contributed by atoms with Crippen molar-refractivity contribution in [3.8, 4) is 11.6 Å². The van der Waals surface area contributed by atoms with Gasteiger partial charge in [0, 0.05) is 29.5 Å². The van der Waals surface area contributed by atoms with Gasteiger partial charge in [-0.3, -0.25) is 4.98 Å². The van der Waals surface area contributed by atoms with Gasteiger partial charge in [0.1, 0.15) is 11.6 Å². The lowest BCUT2D eigenvalue weighted by atomic mass is 9.96. The first-order valence-corrected chi connectivity index (χ1v) is 12.2. The first-order valence-electron chi connectivity index (χ1n) is 11.8. The lowest BCUT2D eigenvalue weighted by Crippen LogP contribution is -2.29. The van der Waals surface area contributed by atoms with Gasteiger partial charge < -0.3 is 19.5 Å². The van der Waals surface area contributed by atoms with E-state index in [1.807, 2.05) is 43.6 Å². The zero-order valence-corrected chi connectivity index (χ0v) is 21.2. The fraction of sp³-hybridized carbons (Fsp3) is 0.250. The minimum absolute atomic E-state index is 0.0826. The van der Waals surface area contributed by atoms with Gasteiger partial charge in [0.2, 0.25) is 0 Å². The molecule has 2 atom stereocenters. The fourth-order valence-electron chi connectivity index (χ4n) is 4.85. The number of thiocarbonyl (C=S) groups is 1. The van der Waals surface area contributed by atoms with Crippen LogP contribution in [0.4, 0.5) is 5.69 Å². The second-order valence-corrected chi connectivity index (χ2v) is 9.17. The first kappa shape index (κ1) is 23.1. The van der Waals surface area contributed by atoms with Crippen molar-refractivity contribution < 1.29 is 4.74 Å². The Bertz CT molecular complexity index is 1330. The molecule has 4 aromatic rings. The summed E-state index contributed by atoms with van der Waals surface area (Å²) in [7, 11) is 0. The molecule has 6 nitrogen and oxygen atoms in total. The monoisotopic (exact) mass is 483 g/mol. The number of rotatable bonds is 6. The number of ether oxygens (including phenoxy) is 1. The molecule has 5 rings (SSSR count). The normalized spacial score (nSPS) is 17.5. The Balaban J connectivity index is 1.63. The second kappa shape index (κ2) is 9.50. The van der Waals surface area contributed by atoms with E-state index >= 15 is 0 Å². The maximum Gasteiger partial charge on any atom is 0.174 e. The summed E-state index contributed by atoms with van der Waals surface area (Å²) in [6.45, 7) is 8.94. The van der Waals surface area contributed by atoms with E-state index in [1.165, 1.54) is 5.56 Å². The number of nitrogens with one attached hydrogen (secondary N) is 1. The van der Waals surface area contributed by atoms with Gasteiger partial charge >= 0.3 is 0 Å². The molecule has 1 fully saturated rings. The third-order valence-corrected chi connectivity index (χ3v) is 6.75. The van der Waals surface area contributed by atoms with E-state index in [-0.39, 0.29) is 12.1 Å². The zero-order chi connectivity index (χ0) is 24.5. The Hall–Kier alpha value is -3.71. The third kappa shape index (κ3) is 4.28. The third-order valence-electron chi connectivity index (χ3n) is 6.44. The van der Waals surface area contributed by atoms with Crippen LogP contribution < -0.4 is 15.0 Å². The number of anilines is 1. The largest absolute Gasteiger partial charge is 0.494 e. The number of pyridine rings is 2. The minimum Gasteiger partial charge on any atom is -0.494 e. The second-order valence-electron chi connectivity index (χ2n) is 8.78. The molecule has 1 aliphatic heterocycles. The molecular weight excluding hydrogens is 454 g/mol. The van der Waals surface area contributed by atoms with E-state index in [0.717, 1.165) is 39.9 Å². The van der Waals surface area contributed by atoms with Crippen molar-refractivity contribution in [2.75, 3.05) is 11.5 Å². The van der Waals surface area contributed by atoms with Crippen LogP contribution in [0.1, 0.15) is 47.2 Å². The molecule has 1 N–H and O–H groups in total. The van der Waals surface area contributed by atoms with Crippen LogP contribution >= 0.6 is 12.2 Å². The van der Waals surface area contributed by atoms with Crippen LogP contribution in [0.15, 0.2) is 73.1 Å². The molecule has 1 aliphatic rings. The summed E-state index contributed by atoms with van der Waals surface area (Å²) in [5.74, 6) is 1.75. The molecule has 3 aromatic heterocycles. The highest BCUT2D eigenvalue weighted by molar-refractivity contribution is 7.80. The topological polar surface area (TPSA) is 55.2 Å². The predicted molar refractivity (Wildman–Crippen MR) is 143 cm³/mol. The number of nitrogens with zero attached hydrogens (tertiary/aromatic N) is 4. The SMILES string of the molecule is CCOc1ccc(N2C(=S)N[C@H](c3ccccn3)[C@H]2c2cc(C)n(-c3ccc(C)cn3)c2C)cc1. The van der Waals surface area contributed by atoms with Crippen molar-refractivity contribution in [1.29, 1.82) is 0 Å².